The molecule has 3 rings (SSSR count). The van der Waals surface area contributed by atoms with E-state index in [1.165, 1.54) is 11.1 Å². The lowest BCUT2D eigenvalue weighted by Crippen LogP contribution is -2.45. The lowest BCUT2D eigenvalue weighted by Gasteiger charge is -2.34. The molecule has 1 fully saturated rings. The van der Waals surface area contributed by atoms with E-state index >= 15 is 0 Å². The molecular weight excluding hydrogens is 316 g/mol. The summed E-state index contributed by atoms with van der Waals surface area (Å²) in [5.74, 6) is 0.222. The van der Waals surface area contributed by atoms with E-state index in [2.05, 4.69) is 52.9 Å². The maximum Gasteiger partial charge on any atom is 0.222 e. The number of aryl methyl sites for hydroxylation is 3. The molecule has 2 heterocycles. The molecule has 1 aliphatic rings. The smallest absolute Gasteiger partial charge is 0.222 e. The first kappa shape index (κ1) is 17.4. The summed E-state index contributed by atoms with van der Waals surface area (Å²) < 4.78 is 1.66. The van der Waals surface area contributed by atoms with E-state index in [4.69, 9.17) is 0 Å². The van der Waals surface area contributed by atoms with E-state index in [-0.39, 0.29) is 5.91 Å². The molecule has 7 nitrogen and oxygen atoms in total. The minimum absolute atomic E-state index is 0.222. The van der Waals surface area contributed by atoms with Crippen LogP contribution in [0.15, 0.2) is 24.5 Å². The van der Waals surface area contributed by atoms with Gasteiger partial charge < -0.3 is 10.2 Å². The standard InChI is InChI=1S/C18H26N6O/c1-14-7-8-16(11-15(14)2)20-17-5-3-9-23(12-17)18(25)6-4-10-24-13-19-21-22-24/h7-8,11,13,17,20H,3-6,9-10,12H2,1-2H3/t17-/m0/s1. The normalized spacial score (nSPS) is 17.5. The summed E-state index contributed by atoms with van der Waals surface area (Å²) in [7, 11) is 0. The maximum atomic E-state index is 12.5. The first-order valence-electron chi connectivity index (χ1n) is 8.94. The summed E-state index contributed by atoms with van der Waals surface area (Å²) >= 11 is 0. The van der Waals surface area contributed by atoms with Gasteiger partial charge in [0.05, 0.1) is 0 Å². The number of carbonyl (C=O) groups is 1. The van der Waals surface area contributed by atoms with Gasteiger partial charge in [-0.3, -0.25) is 4.79 Å². The third-order valence-electron chi connectivity index (χ3n) is 4.82. The van der Waals surface area contributed by atoms with Crippen molar-refractivity contribution in [3.63, 3.8) is 0 Å². The molecule has 0 aliphatic carbocycles. The number of aromatic nitrogens is 4. The van der Waals surface area contributed by atoms with Crippen molar-refractivity contribution >= 4 is 11.6 Å². The number of hydrogen-bond donors (Lipinski definition) is 1. The lowest BCUT2D eigenvalue weighted by molar-refractivity contribution is -0.132. The Labute approximate surface area is 148 Å². The minimum Gasteiger partial charge on any atom is -0.381 e. The second kappa shape index (κ2) is 8.09. The van der Waals surface area contributed by atoms with Gasteiger partial charge in [0.25, 0.3) is 0 Å². The van der Waals surface area contributed by atoms with Crippen molar-refractivity contribution in [3.8, 4) is 0 Å². The van der Waals surface area contributed by atoms with Crippen LogP contribution in [-0.2, 0) is 11.3 Å². The Kier molecular flexibility index (Phi) is 5.63. The molecule has 1 amide bonds. The Bertz CT molecular complexity index is 700. The molecule has 0 saturated carbocycles. The largest absolute Gasteiger partial charge is 0.381 e. The Morgan fingerprint density at radius 1 is 1.32 bits per heavy atom. The van der Waals surface area contributed by atoms with Gasteiger partial charge >= 0.3 is 0 Å². The molecule has 134 valence electrons. The van der Waals surface area contributed by atoms with E-state index in [0.717, 1.165) is 38.0 Å². The summed E-state index contributed by atoms with van der Waals surface area (Å²) in [6.45, 7) is 6.56. The molecule has 0 bridgehead atoms. The minimum atomic E-state index is 0.222. The predicted molar refractivity (Wildman–Crippen MR) is 96.2 cm³/mol. The van der Waals surface area contributed by atoms with Crippen molar-refractivity contribution in [2.24, 2.45) is 0 Å². The number of tetrazole rings is 1. The van der Waals surface area contributed by atoms with Crippen LogP contribution in [0.3, 0.4) is 0 Å². The second-order valence-corrected chi connectivity index (χ2v) is 6.80. The lowest BCUT2D eigenvalue weighted by atomic mass is 10.0. The zero-order chi connectivity index (χ0) is 17.6. The number of nitrogens with one attached hydrogen (secondary N) is 1. The number of likely N-dealkylation sites (tertiary alicyclic amines) is 1. The van der Waals surface area contributed by atoms with Crippen molar-refractivity contribution in [1.82, 2.24) is 25.1 Å². The quantitative estimate of drug-likeness (QED) is 0.871. The van der Waals surface area contributed by atoms with Crippen LogP contribution in [-0.4, -0.2) is 50.1 Å². The summed E-state index contributed by atoms with van der Waals surface area (Å²) in [5, 5.41) is 14.6. The number of nitrogens with zero attached hydrogens (tertiary/aromatic N) is 5. The van der Waals surface area contributed by atoms with Crippen LogP contribution in [0.1, 0.15) is 36.8 Å². The summed E-state index contributed by atoms with van der Waals surface area (Å²) in [4.78, 5) is 14.4. The van der Waals surface area contributed by atoms with Gasteiger partial charge in [0, 0.05) is 37.8 Å². The van der Waals surface area contributed by atoms with Crippen LogP contribution < -0.4 is 5.32 Å². The highest BCUT2D eigenvalue weighted by Crippen LogP contribution is 2.19. The van der Waals surface area contributed by atoms with Gasteiger partial charge in [-0.15, -0.1) is 5.10 Å². The highest BCUT2D eigenvalue weighted by molar-refractivity contribution is 5.76. The number of rotatable bonds is 6. The Morgan fingerprint density at radius 3 is 2.96 bits per heavy atom. The van der Waals surface area contributed by atoms with Crippen molar-refractivity contribution < 1.29 is 4.79 Å². The van der Waals surface area contributed by atoms with E-state index in [9.17, 15) is 4.79 Å². The summed E-state index contributed by atoms with van der Waals surface area (Å²) in [6, 6.07) is 6.76. The fourth-order valence-corrected chi connectivity index (χ4v) is 3.22. The highest BCUT2D eigenvalue weighted by atomic mass is 16.2. The molecule has 1 aromatic carbocycles. The molecular formula is C18H26N6O. The Morgan fingerprint density at radius 2 is 2.20 bits per heavy atom. The summed E-state index contributed by atoms with van der Waals surface area (Å²) in [5.41, 5.74) is 3.73. The molecule has 0 radical (unpaired) electrons. The van der Waals surface area contributed by atoms with E-state index in [0.29, 0.717) is 19.0 Å². The topological polar surface area (TPSA) is 75.9 Å². The number of piperidine rings is 1. The fourth-order valence-electron chi connectivity index (χ4n) is 3.22. The predicted octanol–water partition coefficient (Wildman–Crippen LogP) is 2.17. The molecule has 7 heteroatoms. The molecule has 0 spiro atoms. The molecule has 25 heavy (non-hydrogen) atoms. The monoisotopic (exact) mass is 342 g/mol. The van der Waals surface area contributed by atoms with Crippen LogP contribution in [0.2, 0.25) is 0 Å². The Hall–Kier alpha value is -2.44. The van der Waals surface area contributed by atoms with Crippen molar-refractivity contribution in [3.05, 3.63) is 35.7 Å². The van der Waals surface area contributed by atoms with E-state index in [1.807, 2.05) is 4.90 Å². The van der Waals surface area contributed by atoms with Crippen LogP contribution >= 0.6 is 0 Å². The Balaban J connectivity index is 1.48. The first-order valence-corrected chi connectivity index (χ1v) is 8.94. The number of anilines is 1. The molecule has 0 unspecified atom stereocenters. The molecule has 1 aromatic heterocycles. The molecule has 2 aromatic rings. The highest BCUT2D eigenvalue weighted by Gasteiger charge is 2.23. The van der Waals surface area contributed by atoms with Gasteiger partial charge in [0.1, 0.15) is 6.33 Å². The molecule has 1 aliphatic heterocycles. The van der Waals surface area contributed by atoms with Gasteiger partial charge in [0.15, 0.2) is 0 Å². The SMILES string of the molecule is Cc1ccc(N[C@H]2CCCN(C(=O)CCCn3cnnn3)C2)cc1C. The van der Waals surface area contributed by atoms with Gasteiger partial charge in [0.2, 0.25) is 5.91 Å². The molecule has 1 N–H and O–H groups in total. The third kappa shape index (κ3) is 4.78. The van der Waals surface area contributed by atoms with Crippen LogP contribution in [0.4, 0.5) is 5.69 Å². The van der Waals surface area contributed by atoms with Gasteiger partial charge in [-0.2, -0.15) is 0 Å². The van der Waals surface area contributed by atoms with Gasteiger partial charge in [-0.25, -0.2) is 4.68 Å². The van der Waals surface area contributed by atoms with Gasteiger partial charge in [-0.1, -0.05) is 6.07 Å². The number of benzene rings is 1. The second-order valence-electron chi connectivity index (χ2n) is 6.80. The van der Waals surface area contributed by atoms with E-state index < -0.39 is 0 Å². The third-order valence-corrected chi connectivity index (χ3v) is 4.82. The molecule has 1 atom stereocenters. The van der Waals surface area contributed by atoms with Crippen LogP contribution in [0, 0.1) is 13.8 Å². The zero-order valence-electron chi connectivity index (χ0n) is 15.0. The first-order chi connectivity index (χ1) is 12.1. The maximum absolute atomic E-state index is 12.5. The fraction of sp³-hybridized carbons (Fsp3) is 0.556. The zero-order valence-corrected chi connectivity index (χ0v) is 15.0. The van der Waals surface area contributed by atoms with Crippen molar-refractivity contribution in [2.75, 3.05) is 18.4 Å². The van der Waals surface area contributed by atoms with Crippen molar-refractivity contribution in [2.45, 2.75) is 52.1 Å². The average molecular weight is 342 g/mol. The van der Waals surface area contributed by atoms with E-state index in [1.54, 1.807) is 11.0 Å². The van der Waals surface area contributed by atoms with Gasteiger partial charge in [-0.05, 0) is 66.8 Å². The number of hydrogen-bond acceptors (Lipinski definition) is 5. The van der Waals surface area contributed by atoms with Crippen LogP contribution in [0.5, 0.6) is 0 Å². The van der Waals surface area contributed by atoms with Crippen LogP contribution in [0.25, 0.3) is 0 Å². The van der Waals surface area contributed by atoms with Crippen molar-refractivity contribution in [1.29, 1.82) is 0 Å². The average Bonchev–Trinajstić information content (AvgIpc) is 3.12. The summed E-state index contributed by atoms with van der Waals surface area (Å²) in [6.07, 6.45) is 5.02. The molecule has 1 saturated heterocycles. The number of carbonyl (C=O) groups excluding carboxylic acids is 1. The number of amides is 1.